The second kappa shape index (κ2) is 6.75. The Hall–Kier alpha value is 0.250. The summed E-state index contributed by atoms with van der Waals surface area (Å²) in [7, 11) is 0. The van der Waals surface area contributed by atoms with Crippen molar-refractivity contribution < 1.29 is 4.74 Å². The molecular weight excluding hydrogens is 208 g/mol. The number of ether oxygens (including phenoxy) is 1. The van der Waals surface area contributed by atoms with E-state index in [9.17, 15) is 0 Å². The molecule has 0 aromatic heterocycles. The van der Waals surface area contributed by atoms with Gasteiger partial charge in [-0.3, -0.25) is 0 Å². The molecule has 0 radical (unpaired) electrons. The molecule has 1 aliphatic heterocycles. The maximum absolute atomic E-state index is 6.35. The zero-order valence-electron chi connectivity index (χ0n) is 10.2. The molecule has 1 saturated heterocycles. The van der Waals surface area contributed by atoms with E-state index >= 15 is 0 Å². The molecule has 0 N–H and O–H groups in total. The van der Waals surface area contributed by atoms with E-state index in [1.54, 1.807) is 0 Å². The SMILES string of the molecule is CCCCCCCC1CC(C)(Cl)CCO1. The van der Waals surface area contributed by atoms with Crippen molar-refractivity contribution in [2.24, 2.45) is 0 Å². The standard InChI is InChI=1S/C13H25ClO/c1-3-4-5-6-7-8-12-11-13(2,14)9-10-15-12/h12H,3-11H2,1-2H3. The molecular formula is C13H25ClO. The second-order valence-electron chi connectivity index (χ2n) is 5.06. The van der Waals surface area contributed by atoms with Crippen LogP contribution in [0.5, 0.6) is 0 Å². The first-order valence-corrected chi connectivity index (χ1v) is 6.82. The fourth-order valence-corrected chi connectivity index (χ4v) is 2.48. The van der Waals surface area contributed by atoms with E-state index < -0.39 is 0 Å². The molecule has 2 atom stereocenters. The molecule has 0 aliphatic carbocycles. The predicted octanol–water partition coefficient (Wildman–Crippen LogP) is 4.52. The van der Waals surface area contributed by atoms with Crippen LogP contribution in [0.25, 0.3) is 0 Å². The molecule has 1 fully saturated rings. The van der Waals surface area contributed by atoms with Gasteiger partial charge in [0.1, 0.15) is 0 Å². The third-order valence-electron chi connectivity index (χ3n) is 3.26. The second-order valence-corrected chi connectivity index (χ2v) is 5.98. The maximum Gasteiger partial charge on any atom is 0.0591 e. The zero-order valence-corrected chi connectivity index (χ0v) is 11.0. The summed E-state index contributed by atoms with van der Waals surface area (Å²) in [6, 6.07) is 0. The smallest absolute Gasteiger partial charge is 0.0591 e. The van der Waals surface area contributed by atoms with Crippen molar-refractivity contribution in [3.8, 4) is 0 Å². The summed E-state index contributed by atoms with van der Waals surface area (Å²) >= 11 is 6.35. The van der Waals surface area contributed by atoms with E-state index in [2.05, 4.69) is 13.8 Å². The molecule has 0 aromatic carbocycles. The fraction of sp³-hybridized carbons (Fsp3) is 1.00. The third-order valence-corrected chi connectivity index (χ3v) is 3.60. The summed E-state index contributed by atoms with van der Waals surface area (Å²) in [5.74, 6) is 0. The van der Waals surface area contributed by atoms with E-state index in [-0.39, 0.29) is 4.87 Å². The summed E-state index contributed by atoms with van der Waals surface area (Å²) in [5, 5.41) is 0. The van der Waals surface area contributed by atoms with Crippen molar-refractivity contribution in [2.45, 2.75) is 76.2 Å². The Morgan fingerprint density at radius 2 is 2.00 bits per heavy atom. The van der Waals surface area contributed by atoms with E-state index in [0.717, 1.165) is 19.4 Å². The Morgan fingerprint density at radius 3 is 2.67 bits per heavy atom. The van der Waals surface area contributed by atoms with Gasteiger partial charge in [0, 0.05) is 11.5 Å². The molecule has 0 bridgehead atoms. The van der Waals surface area contributed by atoms with Crippen molar-refractivity contribution in [3.05, 3.63) is 0 Å². The Bertz CT molecular complexity index is 168. The third kappa shape index (κ3) is 5.77. The van der Waals surface area contributed by atoms with Crippen molar-refractivity contribution in [1.82, 2.24) is 0 Å². The first-order chi connectivity index (χ1) is 7.14. The normalized spacial score (nSPS) is 31.8. The Kier molecular flexibility index (Phi) is 5.99. The monoisotopic (exact) mass is 232 g/mol. The highest BCUT2D eigenvalue weighted by molar-refractivity contribution is 6.23. The van der Waals surface area contributed by atoms with Crippen LogP contribution in [-0.2, 0) is 4.74 Å². The van der Waals surface area contributed by atoms with Gasteiger partial charge in [-0.05, 0) is 26.2 Å². The average molecular weight is 233 g/mol. The first-order valence-electron chi connectivity index (χ1n) is 6.44. The van der Waals surface area contributed by atoms with E-state index in [1.165, 1.54) is 38.5 Å². The largest absolute Gasteiger partial charge is 0.378 e. The van der Waals surface area contributed by atoms with Crippen molar-refractivity contribution in [2.75, 3.05) is 6.61 Å². The van der Waals surface area contributed by atoms with Gasteiger partial charge in [0.2, 0.25) is 0 Å². The Morgan fingerprint density at radius 1 is 1.27 bits per heavy atom. The van der Waals surface area contributed by atoms with Crippen molar-refractivity contribution in [1.29, 1.82) is 0 Å². The number of rotatable bonds is 6. The minimum absolute atomic E-state index is 0.00760. The summed E-state index contributed by atoms with van der Waals surface area (Å²) in [4.78, 5) is -0.00760. The summed E-state index contributed by atoms with van der Waals surface area (Å²) < 4.78 is 5.74. The van der Waals surface area contributed by atoms with Crippen molar-refractivity contribution in [3.63, 3.8) is 0 Å². The summed E-state index contributed by atoms with van der Waals surface area (Å²) in [5.41, 5.74) is 0. The minimum Gasteiger partial charge on any atom is -0.378 e. The fourth-order valence-electron chi connectivity index (χ4n) is 2.24. The van der Waals surface area contributed by atoms with Crippen LogP contribution in [0.3, 0.4) is 0 Å². The van der Waals surface area contributed by atoms with Gasteiger partial charge >= 0.3 is 0 Å². The van der Waals surface area contributed by atoms with E-state index in [1.807, 2.05) is 0 Å². The molecule has 90 valence electrons. The lowest BCUT2D eigenvalue weighted by molar-refractivity contribution is -0.00376. The quantitative estimate of drug-likeness (QED) is 0.483. The molecule has 1 nitrogen and oxygen atoms in total. The van der Waals surface area contributed by atoms with Crippen LogP contribution in [0.4, 0.5) is 0 Å². The highest BCUT2D eigenvalue weighted by atomic mass is 35.5. The van der Waals surface area contributed by atoms with Crippen LogP contribution >= 0.6 is 11.6 Å². The average Bonchev–Trinajstić information content (AvgIpc) is 2.16. The van der Waals surface area contributed by atoms with Gasteiger partial charge in [0.15, 0.2) is 0 Å². The van der Waals surface area contributed by atoms with Crippen LogP contribution in [-0.4, -0.2) is 17.6 Å². The van der Waals surface area contributed by atoms with Gasteiger partial charge in [-0.2, -0.15) is 0 Å². The molecule has 2 unspecified atom stereocenters. The molecule has 2 heteroatoms. The first kappa shape index (κ1) is 13.3. The van der Waals surface area contributed by atoms with Gasteiger partial charge in [-0.25, -0.2) is 0 Å². The summed E-state index contributed by atoms with van der Waals surface area (Å²) in [6.07, 6.45) is 10.4. The van der Waals surface area contributed by atoms with E-state index in [0.29, 0.717) is 6.10 Å². The van der Waals surface area contributed by atoms with Gasteiger partial charge in [-0.1, -0.05) is 39.0 Å². The molecule has 0 aromatic rings. The number of halogens is 1. The van der Waals surface area contributed by atoms with Crippen LogP contribution < -0.4 is 0 Å². The predicted molar refractivity (Wildman–Crippen MR) is 66.6 cm³/mol. The molecule has 1 aliphatic rings. The molecule has 0 amide bonds. The minimum atomic E-state index is -0.00760. The lowest BCUT2D eigenvalue weighted by Gasteiger charge is -2.33. The highest BCUT2D eigenvalue weighted by Crippen LogP contribution is 2.32. The number of unbranched alkanes of at least 4 members (excludes halogenated alkanes) is 4. The lowest BCUT2D eigenvalue weighted by Crippen LogP contribution is -2.33. The number of hydrogen-bond donors (Lipinski definition) is 0. The number of alkyl halides is 1. The van der Waals surface area contributed by atoms with Gasteiger partial charge in [0.25, 0.3) is 0 Å². The van der Waals surface area contributed by atoms with E-state index in [4.69, 9.17) is 16.3 Å². The van der Waals surface area contributed by atoms with Gasteiger partial charge in [-0.15, -0.1) is 11.6 Å². The van der Waals surface area contributed by atoms with Crippen LogP contribution in [0.15, 0.2) is 0 Å². The molecule has 0 spiro atoms. The molecule has 1 heterocycles. The van der Waals surface area contributed by atoms with Gasteiger partial charge < -0.3 is 4.74 Å². The molecule has 1 rings (SSSR count). The topological polar surface area (TPSA) is 9.23 Å². The zero-order chi connectivity index (χ0) is 11.1. The van der Waals surface area contributed by atoms with Crippen molar-refractivity contribution >= 4 is 11.6 Å². The maximum atomic E-state index is 6.35. The van der Waals surface area contributed by atoms with Crippen LogP contribution in [0.1, 0.15) is 65.2 Å². The Balaban J connectivity index is 2.05. The summed E-state index contributed by atoms with van der Waals surface area (Å²) in [6.45, 7) is 5.24. The van der Waals surface area contributed by atoms with Gasteiger partial charge in [0.05, 0.1) is 6.10 Å². The molecule has 0 saturated carbocycles. The lowest BCUT2D eigenvalue weighted by atomic mass is 9.93. The number of hydrogen-bond acceptors (Lipinski definition) is 1. The Labute approximate surface area is 99.5 Å². The highest BCUT2D eigenvalue weighted by Gasteiger charge is 2.30. The van der Waals surface area contributed by atoms with Crippen LogP contribution in [0, 0.1) is 0 Å². The van der Waals surface area contributed by atoms with Crippen LogP contribution in [0.2, 0.25) is 0 Å². The molecule has 15 heavy (non-hydrogen) atoms.